The molecule has 1 aliphatic heterocycles. The van der Waals surface area contributed by atoms with E-state index in [1.54, 1.807) is 0 Å². The zero-order valence-corrected chi connectivity index (χ0v) is 9.67. The van der Waals surface area contributed by atoms with Crippen LogP contribution in [0.25, 0.3) is 0 Å². The molecule has 2 heteroatoms. The summed E-state index contributed by atoms with van der Waals surface area (Å²) >= 11 is 0. The molecule has 0 amide bonds. The first-order valence-electron chi connectivity index (χ1n) is 6.72. The first-order chi connectivity index (χ1) is 7.90. The Hall–Kier alpha value is -0.760. The maximum atomic E-state index is 5.80. The van der Waals surface area contributed by atoms with Crippen molar-refractivity contribution in [3.63, 3.8) is 0 Å². The number of rotatable bonds is 0. The van der Waals surface area contributed by atoms with Crippen molar-refractivity contribution in [1.29, 1.82) is 0 Å². The maximum Gasteiger partial charge on any atom is 0.127 e. The van der Waals surface area contributed by atoms with Gasteiger partial charge < -0.3 is 9.73 Å². The Morgan fingerprint density at radius 3 is 3.19 bits per heavy atom. The Morgan fingerprint density at radius 1 is 1.31 bits per heavy atom. The van der Waals surface area contributed by atoms with Gasteiger partial charge in [-0.05, 0) is 42.7 Å². The molecule has 2 aliphatic carbocycles. The second kappa shape index (κ2) is 3.13. The monoisotopic (exact) mass is 217 g/mol. The van der Waals surface area contributed by atoms with Crippen LogP contribution in [0.3, 0.4) is 0 Å². The summed E-state index contributed by atoms with van der Waals surface area (Å²) in [4.78, 5) is 0. The third-order valence-electron chi connectivity index (χ3n) is 5.11. The molecular formula is C14H19NO. The van der Waals surface area contributed by atoms with Gasteiger partial charge in [-0.3, -0.25) is 0 Å². The molecule has 1 N–H and O–H groups in total. The summed E-state index contributed by atoms with van der Waals surface area (Å²) in [6.07, 6.45) is 10.1. The minimum absolute atomic E-state index is 0.238. The standard InChI is InChI=1S/C14H19NO/c1-2-4-12-11(3-1)9-14(12)13-10(5-7-15-14)6-8-16-13/h6,8,11-12,15H,1-5,7,9H2/t11-,12-,14?/m1/s1. The summed E-state index contributed by atoms with van der Waals surface area (Å²) in [7, 11) is 0. The molecule has 3 atom stereocenters. The average molecular weight is 217 g/mol. The lowest BCUT2D eigenvalue weighted by molar-refractivity contribution is -0.0486. The van der Waals surface area contributed by atoms with E-state index in [1.807, 2.05) is 6.26 Å². The molecule has 0 saturated heterocycles. The number of hydrogen-bond donors (Lipinski definition) is 1. The number of hydrogen-bond acceptors (Lipinski definition) is 2. The Morgan fingerprint density at radius 2 is 2.25 bits per heavy atom. The van der Waals surface area contributed by atoms with E-state index in [0.717, 1.165) is 24.8 Å². The molecule has 1 spiro atoms. The summed E-state index contributed by atoms with van der Waals surface area (Å²) in [5.41, 5.74) is 1.70. The van der Waals surface area contributed by atoms with Gasteiger partial charge in [-0.1, -0.05) is 19.3 Å². The number of furan rings is 1. The predicted octanol–water partition coefficient (Wildman–Crippen LogP) is 2.83. The molecule has 2 heterocycles. The van der Waals surface area contributed by atoms with Crippen molar-refractivity contribution in [2.45, 2.75) is 44.1 Å². The Labute approximate surface area is 96.4 Å². The van der Waals surface area contributed by atoms with E-state index < -0.39 is 0 Å². The van der Waals surface area contributed by atoms with E-state index in [9.17, 15) is 0 Å². The zero-order chi connectivity index (χ0) is 10.6. The highest BCUT2D eigenvalue weighted by Gasteiger charge is 2.58. The summed E-state index contributed by atoms with van der Waals surface area (Å²) in [6, 6.07) is 2.17. The van der Waals surface area contributed by atoms with Crippen molar-refractivity contribution in [2.75, 3.05) is 6.54 Å². The summed E-state index contributed by atoms with van der Waals surface area (Å²) in [5, 5.41) is 3.78. The van der Waals surface area contributed by atoms with Gasteiger partial charge in [-0.25, -0.2) is 0 Å². The SMILES string of the molecule is c1cc2c(o1)C1(C[C@H]3CCCC[C@H]31)NCC2. The minimum Gasteiger partial charge on any atom is -0.467 e. The largest absolute Gasteiger partial charge is 0.467 e. The minimum atomic E-state index is 0.238. The van der Waals surface area contributed by atoms with Crippen LogP contribution in [0, 0.1) is 11.8 Å². The highest BCUT2D eigenvalue weighted by molar-refractivity contribution is 5.32. The van der Waals surface area contributed by atoms with Crippen LogP contribution in [-0.2, 0) is 12.0 Å². The van der Waals surface area contributed by atoms with Crippen LogP contribution >= 0.6 is 0 Å². The van der Waals surface area contributed by atoms with Crippen LogP contribution in [-0.4, -0.2) is 6.54 Å². The first kappa shape index (κ1) is 9.29. The third kappa shape index (κ3) is 1.01. The molecule has 2 fully saturated rings. The van der Waals surface area contributed by atoms with Gasteiger partial charge in [0.15, 0.2) is 0 Å². The lowest BCUT2D eigenvalue weighted by atomic mass is 9.52. The lowest BCUT2D eigenvalue weighted by Crippen LogP contribution is -2.63. The molecule has 0 aromatic carbocycles. The van der Waals surface area contributed by atoms with Gasteiger partial charge >= 0.3 is 0 Å². The zero-order valence-electron chi connectivity index (χ0n) is 9.67. The molecule has 4 rings (SSSR count). The van der Waals surface area contributed by atoms with Crippen molar-refractivity contribution in [3.8, 4) is 0 Å². The molecule has 86 valence electrons. The molecule has 0 radical (unpaired) electrons. The summed E-state index contributed by atoms with van der Waals surface area (Å²) in [6.45, 7) is 1.13. The van der Waals surface area contributed by atoms with Crippen molar-refractivity contribution < 1.29 is 4.42 Å². The maximum absolute atomic E-state index is 5.80. The van der Waals surface area contributed by atoms with E-state index in [-0.39, 0.29) is 5.54 Å². The molecular weight excluding hydrogens is 198 g/mol. The average Bonchev–Trinajstić information content (AvgIpc) is 2.76. The molecule has 1 unspecified atom stereocenters. The molecule has 0 bridgehead atoms. The second-order valence-corrected chi connectivity index (χ2v) is 5.78. The van der Waals surface area contributed by atoms with Crippen LogP contribution in [0.4, 0.5) is 0 Å². The highest BCUT2D eigenvalue weighted by atomic mass is 16.3. The quantitative estimate of drug-likeness (QED) is 0.723. The fraction of sp³-hybridized carbons (Fsp3) is 0.714. The molecule has 1 aromatic heterocycles. The molecule has 3 aliphatic rings. The highest BCUT2D eigenvalue weighted by Crippen LogP contribution is 2.58. The van der Waals surface area contributed by atoms with E-state index in [0.29, 0.717) is 0 Å². The Kier molecular flexibility index (Phi) is 1.82. The summed E-state index contributed by atoms with van der Waals surface area (Å²) < 4.78 is 5.80. The fourth-order valence-electron chi connectivity index (χ4n) is 4.39. The van der Waals surface area contributed by atoms with Gasteiger partial charge in [0.05, 0.1) is 11.8 Å². The summed E-state index contributed by atoms with van der Waals surface area (Å²) in [5.74, 6) is 3.10. The van der Waals surface area contributed by atoms with Crippen LogP contribution in [0.15, 0.2) is 16.7 Å². The fourth-order valence-corrected chi connectivity index (χ4v) is 4.39. The molecule has 1 aromatic rings. The molecule has 2 saturated carbocycles. The van der Waals surface area contributed by atoms with Crippen LogP contribution < -0.4 is 5.32 Å². The van der Waals surface area contributed by atoms with E-state index in [2.05, 4.69) is 11.4 Å². The van der Waals surface area contributed by atoms with Crippen molar-refractivity contribution in [3.05, 3.63) is 23.7 Å². The van der Waals surface area contributed by atoms with Gasteiger partial charge in [-0.2, -0.15) is 0 Å². The smallest absolute Gasteiger partial charge is 0.127 e. The lowest BCUT2D eigenvalue weighted by Gasteiger charge is -2.58. The van der Waals surface area contributed by atoms with E-state index in [4.69, 9.17) is 4.42 Å². The van der Waals surface area contributed by atoms with Crippen LogP contribution in [0.2, 0.25) is 0 Å². The molecule has 2 nitrogen and oxygen atoms in total. The van der Waals surface area contributed by atoms with Crippen molar-refractivity contribution >= 4 is 0 Å². The topological polar surface area (TPSA) is 25.2 Å². The van der Waals surface area contributed by atoms with Gasteiger partial charge in [0.1, 0.15) is 5.76 Å². The van der Waals surface area contributed by atoms with Crippen LogP contribution in [0.1, 0.15) is 43.4 Å². The number of fused-ring (bicyclic) bond motifs is 4. The number of nitrogens with one attached hydrogen (secondary N) is 1. The van der Waals surface area contributed by atoms with Gasteiger partial charge in [0.25, 0.3) is 0 Å². The van der Waals surface area contributed by atoms with Gasteiger partial charge in [-0.15, -0.1) is 0 Å². The predicted molar refractivity (Wildman–Crippen MR) is 62.2 cm³/mol. The van der Waals surface area contributed by atoms with E-state index >= 15 is 0 Å². The van der Waals surface area contributed by atoms with Crippen molar-refractivity contribution in [2.24, 2.45) is 11.8 Å². The third-order valence-corrected chi connectivity index (χ3v) is 5.11. The van der Waals surface area contributed by atoms with Crippen LogP contribution in [0.5, 0.6) is 0 Å². The Balaban J connectivity index is 1.74. The van der Waals surface area contributed by atoms with Gasteiger partial charge in [0, 0.05) is 6.54 Å². The normalized spacial score (nSPS) is 41.2. The van der Waals surface area contributed by atoms with Gasteiger partial charge in [0.2, 0.25) is 0 Å². The first-order valence-corrected chi connectivity index (χ1v) is 6.72. The molecule has 16 heavy (non-hydrogen) atoms. The Bertz CT molecular complexity index is 411. The second-order valence-electron chi connectivity index (χ2n) is 5.78. The van der Waals surface area contributed by atoms with E-state index in [1.165, 1.54) is 43.4 Å². The van der Waals surface area contributed by atoms with Crippen molar-refractivity contribution in [1.82, 2.24) is 5.32 Å².